The molecule has 0 unspecified atom stereocenters. The third-order valence-corrected chi connectivity index (χ3v) is 4.11. The molecule has 0 amide bonds. The van der Waals surface area contributed by atoms with Crippen LogP contribution >= 0.6 is 11.6 Å². The van der Waals surface area contributed by atoms with Crippen LogP contribution in [-0.4, -0.2) is 23.1 Å². The molecule has 1 aromatic heterocycles. The van der Waals surface area contributed by atoms with Crippen LogP contribution in [0.15, 0.2) is 0 Å². The van der Waals surface area contributed by atoms with Gasteiger partial charge >= 0.3 is 0 Å². The zero-order valence-electron chi connectivity index (χ0n) is 11.5. The summed E-state index contributed by atoms with van der Waals surface area (Å²) in [5.74, 6) is 1.75. The number of halogens is 1. The minimum absolute atomic E-state index is 0.548. The van der Waals surface area contributed by atoms with E-state index < -0.39 is 0 Å². The fourth-order valence-electron chi connectivity index (χ4n) is 2.61. The molecule has 100 valence electrons. The highest BCUT2D eigenvalue weighted by Gasteiger charge is 2.22. The average Bonchev–Trinajstić information content (AvgIpc) is 2.35. The standard InChI is InChI=1S/C14H22ClN3/c1-4-5-12-6-8-18(9-7-12)14-13(15)16-10(2)11(3)17-14/h12H,4-9H2,1-3H3. The van der Waals surface area contributed by atoms with Crippen molar-refractivity contribution in [2.24, 2.45) is 5.92 Å². The van der Waals surface area contributed by atoms with Crippen molar-refractivity contribution in [3.63, 3.8) is 0 Å². The van der Waals surface area contributed by atoms with Crippen molar-refractivity contribution in [1.82, 2.24) is 9.97 Å². The van der Waals surface area contributed by atoms with Gasteiger partial charge in [-0.25, -0.2) is 9.97 Å². The SMILES string of the molecule is CCCC1CCN(c2nc(C)c(C)nc2Cl)CC1. The Morgan fingerprint density at radius 3 is 2.39 bits per heavy atom. The molecule has 1 aliphatic rings. The van der Waals surface area contributed by atoms with Crippen LogP contribution < -0.4 is 4.90 Å². The van der Waals surface area contributed by atoms with Crippen molar-refractivity contribution in [2.75, 3.05) is 18.0 Å². The Kier molecular flexibility index (Phi) is 4.44. The van der Waals surface area contributed by atoms with E-state index in [2.05, 4.69) is 21.8 Å². The van der Waals surface area contributed by atoms with E-state index >= 15 is 0 Å². The highest BCUT2D eigenvalue weighted by molar-refractivity contribution is 6.31. The zero-order chi connectivity index (χ0) is 13.1. The number of rotatable bonds is 3. The summed E-state index contributed by atoms with van der Waals surface area (Å²) in [6, 6.07) is 0. The number of aromatic nitrogens is 2. The Balaban J connectivity index is 2.07. The summed E-state index contributed by atoms with van der Waals surface area (Å²) in [7, 11) is 0. The van der Waals surface area contributed by atoms with Crippen LogP contribution in [0.25, 0.3) is 0 Å². The topological polar surface area (TPSA) is 29.0 Å². The van der Waals surface area contributed by atoms with E-state index in [4.69, 9.17) is 11.6 Å². The van der Waals surface area contributed by atoms with Gasteiger partial charge in [0.25, 0.3) is 0 Å². The lowest BCUT2D eigenvalue weighted by Gasteiger charge is -2.33. The Hall–Kier alpha value is -0.830. The van der Waals surface area contributed by atoms with E-state index in [0.717, 1.165) is 36.2 Å². The second-order valence-electron chi connectivity index (χ2n) is 5.23. The fourth-order valence-corrected chi connectivity index (χ4v) is 2.90. The summed E-state index contributed by atoms with van der Waals surface area (Å²) >= 11 is 6.22. The molecule has 0 atom stereocenters. The molecule has 0 aliphatic carbocycles. The minimum Gasteiger partial charge on any atom is -0.354 e. The number of aryl methyl sites for hydroxylation is 2. The van der Waals surface area contributed by atoms with Gasteiger partial charge in [0.2, 0.25) is 0 Å². The molecule has 18 heavy (non-hydrogen) atoms. The highest BCUT2D eigenvalue weighted by atomic mass is 35.5. The molecule has 4 heteroatoms. The molecule has 1 aromatic rings. The predicted octanol–water partition coefficient (Wildman–Crippen LogP) is 3.76. The zero-order valence-corrected chi connectivity index (χ0v) is 12.3. The molecule has 1 saturated heterocycles. The lowest BCUT2D eigenvalue weighted by molar-refractivity contribution is 0.377. The van der Waals surface area contributed by atoms with Gasteiger partial charge in [-0.2, -0.15) is 0 Å². The monoisotopic (exact) mass is 267 g/mol. The number of hydrogen-bond donors (Lipinski definition) is 0. The van der Waals surface area contributed by atoms with Crippen LogP contribution in [0, 0.1) is 19.8 Å². The molecule has 3 nitrogen and oxygen atoms in total. The van der Waals surface area contributed by atoms with Crippen molar-refractivity contribution in [2.45, 2.75) is 46.5 Å². The number of hydrogen-bond acceptors (Lipinski definition) is 3. The van der Waals surface area contributed by atoms with Crippen LogP contribution in [0.4, 0.5) is 5.82 Å². The fraction of sp³-hybridized carbons (Fsp3) is 0.714. The van der Waals surface area contributed by atoms with Crippen LogP contribution in [0.3, 0.4) is 0 Å². The van der Waals surface area contributed by atoms with Crippen LogP contribution in [0.5, 0.6) is 0 Å². The Morgan fingerprint density at radius 2 is 1.78 bits per heavy atom. The van der Waals surface area contributed by atoms with E-state index in [1.54, 1.807) is 0 Å². The molecular formula is C14H22ClN3. The van der Waals surface area contributed by atoms with Crippen LogP contribution in [0.1, 0.15) is 44.0 Å². The summed E-state index contributed by atoms with van der Waals surface area (Å²) in [5, 5.41) is 0.548. The van der Waals surface area contributed by atoms with E-state index in [1.165, 1.54) is 25.7 Å². The van der Waals surface area contributed by atoms with Gasteiger partial charge in [-0.05, 0) is 32.6 Å². The Bertz CT molecular complexity index is 412. The quantitative estimate of drug-likeness (QED) is 0.835. The van der Waals surface area contributed by atoms with Gasteiger partial charge in [0.05, 0.1) is 11.4 Å². The third kappa shape index (κ3) is 2.94. The second kappa shape index (κ2) is 5.87. The summed E-state index contributed by atoms with van der Waals surface area (Å²) in [5.41, 5.74) is 1.90. The van der Waals surface area contributed by atoms with Gasteiger partial charge in [0.15, 0.2) is 11.0 Å². The first-order chi connectivity index (χ1) is 8.61. The van der Waals surface area contributed by atoms with Crippen LogP contribution in [0.2, 0.25) is 5.15 Å². The normalized spacial score (nSPS) is 17.2. The first-order valence-corrected chi connectivity index (χ1v) is 7.25. The number of anilines is 1. The van der Waals surface area contributed by atoms with Crippen molar-refractivity contribution in [3.8, 4) is 0 Å². The van der Waals surface area contributed by atoms with Crippen molar-refractivity contribution < 1.29 is 0 Å². The number of piperidine rings is 1. The molecule has 1 aliphatic heterocycles. The lowest BCUT2D eigenvalue weighted by atomic mass is 9.92. The smallest absolute Gasteiger partial charge is 0.171 e. The summed E-state index contributed by atoms with van der Waals surface area (Å²) in [6.45, 7) is 8.32. The van der Waals surface area contributed by atoms with Gasteiger partial charge in [0, 0.05) is 13.1 Å². The predicted molar refractivity (Wildman–Crippen MR) is 76.4 cm³/mol. The van der Waals surface area contributed by atoms with E-state index in [1.807, 2.05) is 13.8 Å². The maximum Gasteiger partial charge on any atom is 0.171 e. The maximum atomic E-state index is 6.22. The molecule has 0 aromatic carbocycles. The summed E-state index contributed by atoms with van der Waals surface area (Å²) < 4.78 is 0. The molecule has 0 bridgehead atoms. The van der Waals surface area contributed by atoms with Gasteiger partial charge in [-0.15, -0.1) is 0 Å². The summed E-state index contributed by atoms with van der Waals surface area (Å²) in [4.78, 5) is 11.2. The maximum absolute atomic E-state index is 6.22. The third-order valence-electron chi connectivity index (χ3n) is 3.86. The van der Waals surface area contributed by atoms with E-state index in [-0.39, 0.29) is 0 Å². The van der Waals surface area contributed by atoms with Gasteiger partial charge < -0.3 is 4.90 Å². The molecule has 2 rings (SSSR count). The first kappa shape index (κ1) is 13.6. The van der Waals surface area contributed by atoms with Gasteiger partial charge in [-0.1, -0.05) is 31.4 Å². The highest BCUT2D eigenvalue weighted by Crippen LogP contribution is 2.29. The Labute approximate surface area is 115 Å². The number of nitrogens with zero attached hydrogens (tertiary/aromatic N) is 3. The molecule has 0 spiro atoms. The molecule has 0 radical (unpaired) electrons. The molecule has 0 saturated carbocycles. The second-order valence-corrected chi connectivity index (χ2v) is 5.59. The van der Waals surface area contributed by atoms with E-state index in [9.17, 15) is 0 Å². The molecular weight excluding hydrogens is 246 g/mol. The first-order valence-electron chi connectivity index (χ1n) is 6.87. The Morgan fingerprint density at radius 1 is 1.17 bits per heavy atom. The van der Waals surface area contributed by atoms with E-state index in [0.29, 0.717) is 5.15 Å². The molecule has 0 N–H and O–H groups in total. The lowest BCUT2D eigenvalue weighted by Crippen LogP contribution is -2.34. The molecule has 1 fully saturated rings. The minimum atomic E-state index is 0.548. The van der Waals surface area contributed by atoms with Crippen molar-refractivity contribution >= 4 is 17.4 Å². The average molecular weight is 268 g/mol. The van der Waals surface area contributed by atoms with Gasteiger partial charge in [0.1, 0.15) is 0 Å². The van der Waals surface area contributed by atoms with Crippen molar-refractivity contribution in [3.05, 3.63) is 16.5 Å². The van der Waals surface area contributed by atoms with Crippen molar-refractivity contribution in [1.29, 1.82) is 0 Å². The summed E-state index contributed by atoms with van der Waals surface area (Å²) in [6.07, 6.45) is 5.13. The van der Waals surface area contributed by atoms with Gasteiger partial charge in [-0.3, -0.25) is 0 Å². The van der Waals surface area contributed by atoms with Crippen LogP contribution in [-0.2, 0) is 0 Å². The molecule has 2 heterocycles. The largest absolute Gasteiger partial charge is 0.354 e.